The Bertz CT molecular complexity index is 1220. The Morgan fingerprint density at radius 3 is 2.89 bits per heavy atom. The molecule has 0 bridgehead atoms. The van der Waals surface area contributed by atoms with E-state index in [4.69, 9.17) is 11.6 Å². The quantitative estimate of drug-likeness (QED) is 0.500. The first-order valence-electron chi connectivity index (χ1n) is 8.71. The van der Waals surface area contributed by atoms with Crippen LogP contribution in [0, 0.1) is 12.7 Å². The zero-order valence-electron chi connectivity index (χ0n) is 14.7. The number of benzene rings is 2. The predicted molar refractivity (Wildman–Crippen MR) is 108 cm³/mol. The number of nitrogens with one attached hydrogen (secondary N) is 1. The van der Waals surface area contributed by atoms with Crippen LogP contribution in [0.15, 0.2) is 42.5 Å². The molecular weight excluding hydrogens is 399 g/mol. The first-order valence-corrected chi connectivity index (χ1v) is 9.91. The number of halogens is 2. The highest BCUT2D eigenvalue weighted by Gasteiger charge is 2.34. The summed E-state index contributed by atoms with van der Waals surface area (Å²) in [5.41, 5.74) is 3.25. The normalized spacial score (nSPS) is 16.2. The number of rotatable bonds is 2. The monoisotopic (exact) mass is 412 g/mol. The summed E-state index contributed by atoms with van der Waals surface area (Å²) in [6, 6.07) is 12.1. The van der Waals surface area contributed by atoms with E-state index < -0.39 is 5.82 Å². The standard InChI is InChI=1S/C20H14ClFN4OS/c1-10-18-13(12-7-6-11(22)8-14(12)21)9-17(27)24-19(18)26(25-10)20-23-15-4-2-3-5-16(15)28-20/h2-8,13H,9H2,1H3,(H,24,27). The number of nitrogens with zero attached hydrogens (tertiary/aromatic N) is 3. The van der Waals surface area contributed by atoms with Gasteiger partial charge in [0, 0.05) is 22.9 Å². The number of hydrogen-bond acceptors (Lipinski definition) is 4. The first-order chi connectivity index (χ1) is 13.5. The van der Waals surface area contributed by atoms with Gasteiger partial charge in [-0.2, -0.15) is 9.78 Å². The lowest BCUT2D eigenvalue weighted by Crippen LogP contribution is -2.25. The van der Waals surface area contributed by atoms with Crippen molar-refractivity contribution in [2.45, 2.75) is 19.3 Å². The van der Waals surface area contributed by atoms with Gasteiger partial charge in [-0.25, -0.2) is 9.37 Å². The van der Waals surface area contributed by atoms with E-state index in [2.05, 4.69) is 15.4 Å². The third kappa shape index (κ3) is 2.70. The fourth-order valence-electron chi connectivity index (χ4n) is 3.69. The molecule has 1 amide bonds. The molecule has 1 N–H and O–H groups in total. The molecule has 3 heterocycles. The van der Waals surface area contributed by atoms with Gasteiger partial charge in [0.15, 0.2) is 0 Å². The van der Waals surface area contributed by atoms with Gasteiger partial charge in [-0.05, 0) is 36.8 Å². The topological polar surface area (TPSA) is 59.8 Å². The van der Waals surface area contributed by atoms with E-state index in [0.29, 0.717) is 21.5 Å². The maximum Gasteiger partial charge on any atom is 0.226 e. The van der Waals surface area contributed by atoms with Crippen LogP contribution in [0.4, 0.5) is 10.2 Å². The summed E-state index contributed by atoms with van der Waals surface area (Å²) in [7, 11) is 0. The number of carbonyl (C=O) groups excluding carboxylic acids is 1. The van der Waals surface area contributed by atoms with Crippen LogP contribution in [0.2, 0.25) is 5.02 Å². The Morgan fingerprint density at radius 1 is 1.29 bits per heavy atom. The van der Waals surface area contributed by atoms with Gasteiger partial charge in [-0.15, -0.1) is 0 Å². The van der Waals surface area contributed by atoms with E-state index in [1.165, 1.54) is 23.5 Å². The number of hydrogen-bond donors (Lipinski definition) is 1. The summed E-state index contributed by atoms with van der Waals surface area (Å²) in [6.07, 6.45) is 0.227. The predicted octanol–water partition coefficient (Wildman–Crippen LogP) is 5.06. The molecule has 8 heteroatoms. The summed E-state index contributed by atoms with van der Waals surface area (Å²) >= 11 is 7.80. The largest absolute Gasteiger partial charge is 0.310 e. The third-order valence-electron chi connectivity index (χ3n) is 4.90. The van der Waals surface area contributed by atoms with E-state index >= 15 is 0 Å². The van der Waals surface area contributed by atoms with Crippen LogP contribution in [0.1, 0.15) is 29.2 Å². The molecule has 0 fully saturated rings. The Labute approximate surface area is 168 Å². The number of fused-ring (bicyclic) bond motifs is 2. The molecule has 0 spiro atoms. The molecule has 1 atom stereocenters. The van der Waals surface area contributed by atoms with Crippen LogP contribution in [0.25, 0.3) is 15.3 Å². The van der Waals surface area contributed by atoms with Crippen LogP contribution in [-0.2, 0) is 4.79 Å². The zero-order chi connectivity index (χ0) is 19.4. The maximum absolute atomic E-state index is 13.5. The number of thiazole rings is 1. The highest BCUT2D eigenvalue weighted by Crippen LogP contribution is 2.43. The van der Waals surface area contributed by atoms with Crippen molar-refractivity contribution in [3.05, 3.63) is 70.1 Å². The number of aryl methyl sites for hydroxylation is 1. The zero-order valence-corrected chi connectivity index (χ0v) is 16.3. The Hall–Kier alpha value is -2.77. The van der Waals surface area contributed by atoms with Crippen molar-refractivity contribution >= 4 is 44.9 Å². The van der Waals surface area contributed by atoms with Gasteiger partial charge in [0.2, 0.25) is 11.0 Å². The molecule has 140 valence electrons. The van der Waals surface area contributed by atoms with Crippen LogP contribution in [0.3, 0.4) is 0 Å². The summed E-state index contributed by atoms with van der Waals surface area (Å²) in [5.74, 6) is -0.241. The van der Waals surface area contributed by atoms with Crippen molar-refractivity contribution in [3.8, 4) is 5.13 Å². The van der Waals surface area contributed by atoms with Crippen molar-refractivity contribution in [3.63, 3.8) is 0 Å². The molecule has 5 rings (SSSR count). The lowest BCUT2D eigenvalue weighted by molar-refractivity contribution is -0.116. The molecule has 2 aromatic carbocycles. The minimum Gasteiger partial charge on any atom is -0.310 e. The average Bonchev–Trinajstić information content (AvgIpc) is 3.22. The van der Waals surface area contributed by atoms with Gasteiger partial charge in [0.05, 0.1) is 15.9 Å². The second kappa shape index (κ2) is 6.39. The van der Waals surface area contributed by atoms with Crippen LogP contribution >= 0.6 is 22.9 Å². The van der Waals surface area contributed by atoms with Gasteiger partial charge in [0.1, 0.15) is 11.6 Å². The molecule has 0 saturated heterocycles. The molecule has 1 aliphatic heterocycles. The Morgan fingerprint density at radius 2 is 2.11 bits per heavy atom. The van der Waals surface area contributed by atoms with Gasteiger partial charge >= 0.3 is 0 Å². The highest BCUT2D eigenvalue weighted by molar-refractivity contribution is 7.20. The van der Waals surface area contributed by atoms with Crippen LogP contribution in [0.5, 0.6) is 0 Å². The summed E-state index contributed by atoms with van der Waals surface area (Å²) in [4.78, 5) is 17.1. The van der Waals surface area contributed by atoms with Crippen molar-refractivity contribution in [2.24, 2.45) is 0 Å². The van der Waals surface area contributed by atoms with Crippen molar-refractivity contribution < 1.29 is 9.18 Å². The van der Waals surface area contributed by atoms with Crippen molar-refractivity contribution in [1.29, 1.82) is 0 Å². The Kier molecular flexibility index (Phi) is 3.96. The lowest BCUT2D eigenvalue weighted by atomic mass is 9.86. The van der Waals surface area contributed by atoms with Gasteiger partial charge in [-0.3, -0.25) is 4.79 Å². The third-order valence-corrected chi connectivity index (χ3v) is 6.24. The van der Waals surface area contributed by atoms with E-state index in [1.807, 2.05) is 31.2 Å². The molecular formula is C20H14ClFN4OS. The summed E-state index contributed by atoms with van der Waals surface area (Å²) in [5, 5.41) is 8.56. The second-order valence-electron chi connectivity index (χ2n) is 6.69. The van der Waals surface area contributed by atoms with Crippen LogP contribution in [-0.4, -0.2) is 20.7 Å². The maximum atomic E-state index is 13.5. The van der Waals surface area contributed by atoms with Crippen molar-refractivity contribution in [1.82, 2.24) is 14.8 Å². The molecule has 0 radical (unpaired) electrons. The minimum absolute atomic E-state index is 0.139. The Balaban J connectivity index is 1.69. The van der Waals surface area contributed by atoms with Gasteiger partial charge in [0.25, 0.3) is 0 Å². The summed E-state index contributed by atoms with van der Waals surface area (Å²) in [6.45, 7) is 1.89. The molecule has 5 nitrogen and oxygen atoms in total. The van der Waals surface area contributed by atoms with Crippen LogP contribution < -0.4 is 5.32 Å². The summed E-state index contributed by atoms with van der Waals surface area (Å²) < 4.78 is 16.2. The van der Waals surface area contributed by atoms with Gasteiger partial charge in [-0.1, -0.05) is 41.1 Å². The number of carbonyl (C=O) groups is 1. The van der Waals surface area contributed by atoms with Crippen molar-refractivity contribution in [2.75, 3.05) is 5.32 Å². The van der Waals surface area contributed by atoms with E-state index in [-0.39, 0.29) is 18.2 Å². The van der Waals surface area contributed by atoms with E-state index in [0.717, 1.165) is 21.5 Å². The average molecular weight is 413 g/mol. The van der Waals surface area contributed by atoms with E-state index in [9.17, 15) is 9.18 Å². The molecule has 2 aromatic heterocycles. The lowest BCUT2D eigenvalue weighted by Gasteiger charge is -2.24. The fraction of sp³-hybridized carbons (Fsp3) is 0.150. The number of aromatic nitrogens is 3. The smallest absolute Gasteiger partial charge is 0.226 e. The molecule has 1 aliphatic rings. The number of anilines is 1. The van der Waals surface area contributed by atoms with Gasteiger partial charge < -0.3 is 5.32 Å². The molecule has 28 heavy (non-hydrogen) atoms. The highest BCUT2D eigenvalue weighted by atomic mass is 35.5. The fourth-order valence-corrected chi connectivity index (χ4v) is 4.91. The molecule has 0 saturated carbocycles. The number of amides is 1. The molecule has 1 unspecified atom stereocenters. The van der Waals surface area contributed by atoms with E-state index in [1.54, 1.807) is 10.7 Å². The minimum atomic E-state index is -0.406. The molecule has 0 aliphatic carbocycles. The first kappa shape index (κ1) is 17.3. The number of para-hydroxylation sites is 1. The molecule has 4 aromatic rings. The second-order valence-corrected chi connectivity index (χ2v) is 8.11. The SMILES string of the molecule is Cc1nn(-c2nc3ccccc3s2)c2c1C(c1ccc(F)cc1Cl)CC(=O)N2.